The Morgan fingerprint density at radius 2 is 1.27 bits per heavy atom. The van der Waals surface area contributed by atoms with E-state index in [9.17, 15) is 9.59 Å². The molecule has 0 saturated carbocycles. The molecule has 0 heterocycles. The fourth-order valence-electron chi connectivity index (χ4n) is 1.36. The largest absolute Gasteiger partial charge is 1.00 e. The van der Waals surface area contributed by atoms with Crippen LogP contribution in [0.5, 0.6) is 0 Å². The topological polar surface area (TPSA) is 80.4 Å². The van der Waals surface area contributed by atoms with Gasteiger partial charge in [0.2, 0.25) is 5.91 Å². The second-order valence-electron chi connectivity index (χ2n) is 4.07. The van der Waals surface area contributed by atoms with Crippen molar-refractivity contribution in [3.8, 4) is 0 Å². The fraction of sp³-hybridized carbons (Fsp3) is 0.375. The van der Waals surface area contributed by atoms with Crippen molar-refractivity contribution in [2.24, 2.45) is 5.73 Å². The van der Waals surface area contributed by atoms with Crippen molar-refractivity contribution in [2.75, 3.05) is 26.2 Å². The van der Waals surface area contributed by atoms with Crippen molar-refractivity contribution in [1.82, 2.24) is 0 Å². The maximum absolute atomic E-state index is 9.47. The summed E-state index contributed by atoms with van der Waals surface area (Å²) in [6.45, 7) is 22.5. The number of hydrogen-bond acceptors (Lipinski definition) is 2. The first-order valence-electron chi connectivity index (χ1n) is 6.63. The first kappa shape index (κ1) is 28.3. The highest BCUT2D eigenvalue weighted by Crippen LogP contribution is 2.05. The highest BCUT2D eigenvalue weighted by Gasteiger charge is 2.18. The number of rotatable bonds is 8. The molecular formula is C16H29ClN2O3. The third-order valence-corrected chi connectivity index (χ3v) is 2.75. The Labute approximate surface area is 140 Å². The fourth-order valence-corrected chi connectivity index (χ4v) is 1.36. The van der Waals surface area contributed by atoms with Crippen LogP contribution in [0.4, 0.5) is 0 Å². The summed E-state index contributed by atoms with van der Waals surface area (Å²) in [5.41, 5.74) is 4.53. The quantitative estimate of drug-likeness (QED) is 0.344. The molecule has 0 aromatic carbocycles. The van der Waals surface area contributed by atoms with Crippen LogP contribution in [-0.2, 0) is 9.59 Å². The molecule has 0 aromatic rings. The van der Waals surface area contributed by atoms with E-state index in [0.717, 1.165) is 42.8 Å². The van der Waals surface area contributed by atoms with Gasteiger partial charge < -0.3 is 27.7 Å². The Bertz CT molecular complexity index is 321. The SMILES string of the molecule is C=CC(=O)O.C=CC(N)=O.C=CC[N+](CC)(CC)CC=C.[Cl-]. The van der Waals surface area contributed by atoms with Gasteiger partial charge in [0.1, 0.15) is 0 Å². The van der Waals surface area contributed by atoms with Crippen molar-refractivity contribution in [3.63, 3.8) is 0 Å². The van der Waals surface area contributed by atoms with E-state index in [1.165, 1.54) is 0 Å². The van der Waals surface area contributed by atoms with E-state index in [2.05, 4.69) is 45.9 Å². The summed E-state index contributed by atoms with van der Waals surface area (Å²) in [5.74, 6) is -1.46. The van der Waals surface area contributed by atoms with Crippen LogP contribution >= 0.6 is 0 Å². The molecule has 0 spiro atoms. The van der Waals surface area contributed by atoms with Crippen molar-refractivity contribution in [2.45, 2.75) is 13.8 Å². The highest BCUT2D eigenvalue weighted by molar-refractivity contribution is 5.84. The molecule has 128 valence electrons. The number of quaternary nitrogens is 1. The average Bonchev–Trinajstić information content (AvgIpc) is 2.48. The molecule has 0 radical (unpaired) electrons. The summed E-state index contributed by atoms with van der Waals surface area (Å²) in [5, 5.41) is 7.60. The summed E-state index contributed by atoms with van der Waals surface area (Å²) in [6, 6.07) is 0. The number of hydrogen-bond donors (Lipinski definition) is 2. The lowest BCUT2D eigenvalue weighted by Crippen LogP contribution is -3.00. The van der Waals surface area contributed by atoms with Gasteiger partial charge in [-0.05, 0) is 32.1 Å². The number of halogens is 1. The molecule has 5 nitrogen and oxygen atoms in total. The van der Waals surface area contributed by atoms with Gasteiger partial charge in [0.05, 0.1) is 26.2 Å². The summed E-state index contributed by atoms with van der Waals surface area (Å²) < 4.78 is 1.09. The lowest BCUT2D eigenvalue weighted by atomic mass is 10.3. The predicted molar refractivity (Wildman–Crippen MR) is 88.7 cm³/mol. The number of carboxylic acids is 1. The van der Waals surface area contributed by atoms with Crippen molar-refractivity contribution >= 4 is 11.9 Å². The Hall–Kier alpha value is -1.85. The van der Waals surface area contributed by atoms with Crippen LogP contribution in [0.3, 0.4) is 0 Å². The van der Waals surface area contributed by atoms with Gasteiger partial charge in [0.25, 0.3) is 0 Å². The van der Waals surface area contributed by atoms with Crippen LogP contribution in [0.2, 0.25) is 0 Å². The van der Waals surface area contributed by atoms with Crippen LogP contribution in [0.1, 0.15) is 13.8 Å². The van der Waals surface area contributed by atoms with Gasteiger partial charge in [-0.1, -0.05) is 26.3 Å². The number of nitrogens with zero attached hydrogens (tertiary/aromatic N) is 1. The zero-order chi connectivity index (χ0) is 17.3. The number of likely N-dealkylation sites (N-methyl/N-ethyl adjacent to an activating group) is 1. The molecule has 22 heavy (non-hydrogen) atoms. The van der Waals surface area contributed by atoms with E-state index in [-0.39, 0.29) is 12.4 Å². The Morgan fingerprint density at radius 1 is 1.00 bits per heavy atom. The van der Waals surface area contributed by atoms with Crippen molar-refractivity contribution < 1.29 is 31.6 Å². The summed E-state index contributed by atoms with van der Waals surface area (Å²) >= 11 is 0. The van der Waals surface area contributed by atoms with E-state index >= 15 is 0 Å². The minimum atomic E-state index is -0.981. The monoisotopic (exact) mass is 332 g/mol. The molecule has 0 atom stereocenters. The zero-order valence-corrected chi connectivity index (χ0v) is 14.4. The van der Waals surface area contributed by atoms with Crippen LogP contribution in [0, 0.1) is 0 Å². The molecule has 0 bridgehead atoms. The highest BCUT2D eigenvalue weighted by atomic mass is 35.5. The molecule has 0 unspecified atom stereocenters. The van der Waals surface area contributed by atoms with E-state index in [1.807, 2.05) is 12.2 Å². The molecule has 6 heteroatoms. The Balaban J connectivity index is -0.000000124. The third kappa shape index (κ3) is 20.5. The Morgan fingerprint density at radius 3 is 1.36 bits per heavy atom. The van der Waals surface area contributed by atoms with Gasteiger partial charge in [-0.3, -0.25) is 4.79 Å². The first-order valence-corrected chi connectivity index (χ1v) is 6.63. The van der Waals surface area contributed by atoms with Crippen LogP contribution < -0.4 is 18.1 Å². The van der Waals surface area contributed by atoms with Crippen molar-refractivity contribution in [3.05, 3.63) is 50.6 Å². The second kappa shape index (κ2) is 19.1. The standard InChI is InChI=1S/C10H20N.C3H5NO.C3H4O2.ClH/c1-5-9-11(7-3,8-4)10-6-2;2*1-2-3(4)5;/h5-6H,1-2,7-10H2,3-4H3;2H,1H2,(H2,4,5);2H,1H2,(H,4,5);1H/q+1;;;/p-1. The van der Waals surface area contributed by atoms with Crippen molar-refractivity contribution in [1.29, 1.82) is 0 Å². The summed E-state index contributed by atoms with van der Waals surface area (Å²) in [4.78, 5) is 18.7. The van der Waals surface area contributed by atoms with Gasteiger partial charge in [0.15, 0.2) is 0 Å². The van der Waals surface area contributed by atoms with Gasteiger partial charge >= 0.3 is 5.97 Å². The zero-order valence-electron chi connectivity index (χ0n) is 13.6. The molecule has 0 rings (SSSR count). The molecule has 0 aliphatic heterocycles. The normalized spacial score (nSPS) is 8.45. The van der Waals surface area contributed by atoms with Gasteiger partial charge in [0, 0.05) is 6.08 Å². The second-order valence-corrected chi connectivity index (χ2v) is 4.07. The Kier molecular flexibility index (Phi) is 24.7. The first-order chi connectivity index (χ1) is 9.78. The molecular weight excluding hydrogens is 304 g/mol. The molecule has 0 aliphatic carbocycles. The van der Waals surface area contributed by atoms with Gasteiger partial charge in [-0.15, -0.1) is 0 Å². The van der Waals surface area contributed by atoms with Gasteiger partial charge in [-0.25, -0.2) is 4.79 Å². The minimum Gasteiger partial charge on any atom is -1.00 e. The van der Waals surface area contributed by atoms with Gasteiger partial charge in [-0.2, -0.15) is 0 Å². The number of amides is 1. The number of aliphatic carboxylic acids is 1. The molecule has 0 fully saturated rings. The third-order valence-electron chi connectivity index (χ3n) is 2.75. The van der Waals surface area contributed by atoms with Crippen LogP contribution in [0.25, 0.3) is 0 Å². The molecule has 0 saturated heterocycles. The number of carbonyl (C=O) groups is 2. The molecule has 0 aliphatic rings. The molecule has 1 amide bonds. The number of carbonyl (C=O) groups excluding carboxylic acids is 1. The van der Waals surface area contributed by atoms with E-state index < -0.39 is 11.9 Å². The number of nitrogens with two attached hydrogens (primary N) is 1. The van der Waals surface area contributed by atoms with Crippen LogP contribution in [0.15, 0.2) is 50.6 Å². The predicted octanol–water partition coefficient (Wildman–Crippen LogP) is -0.866. The summed E-state index contributed by atoms with van der Waals surface area (Å²) in [7, 11) is 0. The maximum atomic E-state index is 9.47. The average molecular weight is 333 g/mol. The van der Waals surface area contributed by atoms with E-state index in [4.69, 9.17) is 5.11 Å². The molecule has 0 aromatic heterocycles. The summed E-state index contributed by atoms with van der Waals surface area (Å²) in [6.07, 6.45) is 5.88. The molecule has 3 N–H and O–H groups in total. The smallest absolute Gasteiger partial charge is 0.327 e. The minimum absolute atomic E-state index is 0. The van der Waals surface area contributed by atoms with E-state index in [0.29, 0.717) is 0 Å². The van der Waals surface area contributed by atoms with E-state index in [1.54, 1.807) is 0 Å². The lowest BCUT2D eigenvalue weighted by molar-refractivity contribution is -0.914. The maximum Gasteiger partial charge on any atom is 0.327 e. The lowest BCUT2D eigenvalue weighted by Gasteiger charge is -2.34. The number of primary amides is 1. The van der Waals surface area contributed by atoms with Crippen LogP contribution in [-0.4, -0.2) is 47.6 Å². The number of carboxylic acid groups (broad SMARTS) is 1.